The lowest BCUT2D eigenvalue weighted by molar-refractivity contribution is 0.124. The molecule has 0 unspecified atom stereocenters. The number of likely N-dealkylation sites (tertiary alicyclic amines) is 1. The number of hydrogen-bond donors (Lipinski definition) is 2. The van der Waals surface area contributed by atoms with Crippen LogP contribution in [0.25, 0.3) is 0 Å². The van der Waals surface area contributed by atoms with Gasteiger partial charge in [-0.25, -0.2) is 0 Å². The van der Waals surface area contributed by atoms with Crippen LogP contribution in [-0.2, 0) is 0 Å². The summed E-state index contributed by atoms with van der Waals surface area (Å²) in [6.07, 6.45) is 1.78. The van der Waals surface area contributed by atoms with Crippen molar-refractivity contribution in [2.24, 2.45) is 5.73 Å². The summed E-state index contributed by atoms with van der Waals surface area (Å²) >= 11 is 0. The first-order valence-corrected chi connectivity index (χ1v) is 7.29. The third-order valence-corrected chi connectivity index (χ3v) is 3.98. The fourth-order valence-electron chi connectivity index (χ4n) is 2.85. The summed E-state index contributed by atoms with van der Waals surface area (Å²) in [6, 6.07) is 5.26. The Labute approximate surface area is 126 Å². The van der Waals surface area contributed by atoms with Crippen LogP contribution in [0.1, 0.15) is 31.9 Å². The number of nitrogens with two attached hydrogens (primary N) is 1. The highest BCUT2D eigenvalue weighted by Crippen LogP contribution is 2.33. The SMILES string of the molecule is C.N[C@@H](CN1CCCC1)[C@@H](O)c1ccc2c(c1)OCCO2. The van der Waals surface area contributed by atoms with Gasteiger partial charge in [-0.15, -0.1) is 0 Å². The topological polar surface area (TPSA) is 68.0 Å². The highest BCUT2D eigenvalue weighted by Gasteiger charge is 2.23. The first kappa shape index (κ1) is 16.1. The van der Waals surface area contributed by atoms with Gasteiger partial charge < -0.3 is 25.2 Å². The maximum Gasteiger partial charge on any atom is 0.161 e. The second-order valence-electron chi connectivity index (χ2n) is 5.52. The maximum atomic E-state index is 10.4. The van der Waals surface area contributed by atoms with Crippen LogP contribution in [0, 0.1) is 0 Å². The van der Waals surface area contributed by atoms with Gasteiger partial charge in [0.25, 0.3) is 0 Å². The first-order valence-electron chi connectivity index (χ1n) is 7.29. The minimum absolute atomic E-state index is 0. The van der Waals surface area contributed by atoms with E-state index < -0.39 is 6.10 Å². The van der Waals surface area contributed by atoms with Crippen LogP contribution in [0.4, 0.5) is 0 Å². The molecule has 0 spiro atoms. The molecule has 0 amide bonds. The Balaban J connectivity index is 0.00000161. The normalized spacial score (nSPS) is 20.7. The Kier molecular flexibility index (Phi) is 5.45. The van der Waals surface area contributed by atoms with Gasteiger partial charge in [-0.05, 0) is 43.6 Å². The molecule has 1 saturated heterocycles. The van der Waals surface area contributed by atoms with Crippen LogP contribution in [0.2, 0.25) is 0 Å². The van der Waals surface area contributed by atoms with Gasteiger partial charge in [-0.3, -0.25) is 0 Å². The van der Waals surface area contributed by atoms with E-state index in [9.17, 15) is 5.11 Å². The first-order chi connectivity index (χ1) is 9.74. The number of hydrogen-bond acceptors (Lipinski definition) is 5. The molecule has 21 heavy (non-hydrogen) atoms. The van der Waals surface area contributed by atoms with Gasteiger partial charge in [0.15, 0.2) is 11.5 Å². The third-order valence-electron chi connectivity index (χ3n) is 3.98. The second-order valence-corrected chi connectivity index (χ2v) is 5.52. The van der Waals surface area contributed by atoms with E-state index in [1.54, 1.807) is 0 Å². The molecule has 1 aromatic rings. The van der Waals surface area contributed by atoms with E-state index in [0.717, 1.165) is 30.9 Å². The number of nitrogens with zero attached hydrogens (tertiary/aromatic N) is 1. The lowest BCUT2D eigenvalue weighted by atomic mass is 10.0. The summed E-state index contributed by atoms with van der Waals surface area (Å²) in [5.74, 6) is 1.43. The van der Waals surface area contributed by atoms with Crippen molar-refractivity contribution in [3.8, 4) is 11.5 Å². The molecule has 118 valence electrons. The van der Waals surface area contributed by atoms with Crippen molar-refractivity contribution >= 4 is 0 Å². The van der Waals surface area contributed by atoms with Crippen LogP contribution in [0.5, 0.6) is 11.5 Å². The van der Waals surface area contributed by atoms with Crippen molar-refractivity contribution in [3.05, 3.63) is 23.8 Å². The standard InChI is InChI=1S/C15H22N2O3.CH4/c16-12(10-17-5-1-2-6-17)15(18)11-3-4-13-14(9-11)20-8-7-19-13;/h3-4,9,12,15,18H,1-2,5-8,10,16H2;1H4/t12-,15-;/m0./s1. The van der Waals surface area contributed by atoms with E-state index in [2.05, 4.69) is 4.90 Å². The van der Waals surface area contributed by atoms with Crippen molar-refractivity contribution < 1.29 is 14.6 Å². The van der Waals surface area contributed by atoms with Crippen LogP contribution >= 0.6 is 0 Å². The number of aliphatic hydroxyl groups excluding tert-OH is 1. The van der Waals surface area contributed by atoms with Gasteiger partial charge >= 0.3 is 0 Å². The molecule has 1 fully saturated rings. The Morgan fingerprint density at radius 2 is 1.81 bits per heavy atom. The fraction of sp³-hybridized carbons (Fsp3) is 0.625. The van der Waals surface area contributed by atoms with Gasteiger partial charge in [0.05, 0.1) is 6.10 Å². The Morgan fingerprint density at radius 3 is 2.52 bits per heavy atom. The maximum absolute atomic E-state index is 10.4. The number of rotatable bonds is 4. The molecule has 2 atom stereocenters. The lowest BCUT2D eigenvalue weighted by Crippen LogP contribution is -2.40. The highest BCUT2D eigenvalue weighted by molar-refractivity contribution is 5.44. The Morgan fingerprint density at radius 1 is 1.14 bits per heavy atom. The molecule has 1 aromatic carbocycles. The molecule has 2 aliphatic heterocycles. The molecule has 0 bridgehead atoms. The van der Waals surface area contributed by atoms with Crippen LogP contribution < -0.4 is 15.2 Å². The summed E-state index contributed by atoms with van der Waals surface area (Å²) in [6.45, 7) is 4.02. The molecule has 0 radical (unpaired) electrons. The average Bonchev–Trinajstić information content (AvgIpc) is 2.99. The van der Waals surface area contributed by atoms with Gasteiger partial charge in [0.1, 0.15) is 13.2 Å². The predicted octanol–water partition coefficient (Wildman–Crippen LogP) is 1.55. The van der Waals surface area contributed by atoms with E-state index in [4.69, 9.17) is 15.2 Å². The quantitative estimate of drug-likeness (QED) is 0.882. The summed E-state index contributed by atoms with van der Waals surface area (Å²) in [4.78, 5) is 2.31. The van der Waals surface area contributed by atoms with E-state index in [-0.39, 0.29) is 13.5 Å². The summed E-state index contributed by atoms with van der Waals surface area (Å²) in [5.41, 5.74) is 6.93. The summed E-state index contributed by atoms with van der Waals surface area (Å²) in [5, 5.41) is 10.4. The second kappa shape index (κ2) is 7.11. The molecule has 0 saturated carbocycles. The zero-order chi connectivity index (χ0) is 13.9. The minimum Gasteiger partial charge on any atom is -0.486 e. The molecule has 0 aliphatic carbocycles. The van der Waals surface area contributed by atoms with E-state index >= 15 is 0 Å². The molecule has 0 aromatic heterocycles. The van der Waals surface area contributed by atoms with Crippen molar-refractivity contribution in [1.29, 1.82) is 0 Å². The molecule has 3 rings (SSSR count). The zero-order valence-electron chi connectivity index (χ0n) is 11.6. The minimum atomic E-state index is -0.675. The van der Waals surface area contributed by atoms with Gasteiger partial charge in [0.2, 0.25) is 0 Å². The average molecular weight is 294 g/mol. The molecular weight excluding hydrogens is 268 g/mol. The largest absolute Gasteiger partial charge is 0.486 e. The Hall–Kier alpha value is -1.30. The Bertz CT molecular complexity index is 461. The summed E-state index contributed by atoms with van der Waals surface area (Å²) in [7, 11) is 0. The lowest BCUT2D eigenvalue weighted by Gasteiger charge is -2.26. The molecule has 5 heteroatoms. The van der Waals surface area contributed by atoms with Gasteiger partial charge in [-0.1, -0.05) is 13.5 Å². The van der Waals surface area contributed by atoms with Crippen molar-refractivity contribution in [1.82, 2.24) is 4.90 Å². The van der Waals surface area contributed by atoms with Crippen molar-refractivity contribution in [2.75, 3.05) is 32.8 Å². The van der Waals surface area contributed by atoms with Crippen molar-refractivity contribution in [2.45, 2.75) is 32.4 Å². The van der Waals surface area contributed by atoms with Crippen LogP contribution in [-0.4, -0.2) is 48.9 Å². The smallest absolute Gasteiger partial charge is 0.161 e. The van der Waals surface area contributed by atoms with E-state index in [1.807, 2.05) is 18.2 Å². The summed E-state index contributed by atoms with van der Waals surface area (Å²) < 4.78 is 11.0. The highest BCUT2D eigenvalue weighted by atomic mass is 16.6. The third kappa shape index (κ3) is 3.67. The van der Waals surface area contributed by atoms with Crippen molar-refractivity contribution in [3.63, 3.8) is 0 Å². The number of benzene rings is 1. The number of fused-ring (bicyclic) bond motifs is 1. The van der Waals surface area contributed by atoms with Crippen LogP contribution in [0.3, 0.4) is 0 Å². The zero-order valence-corrected chi connectivity index (χ0v) is 11.6. The number of ether oxygens (including phenoxy) is 2. The predicted molar refractivity (Wildman–Crippen MR) is 82.8 cm³/mol. The van der Waals surface area contributed by atoms with E-state index in [0.29, 0.717) is 19.0 Å². The molecular formula is C16H26N2O3. The van der Waals surface area contributed by atoms with Gasteiger partial charge in [0, 0.05) is 12.6 Å². The van der Waals surface area contributed by atoms with Gasteiger partial charge in [-0.2, -0.15) is 0 Å². The number of aliphatic hydroxyl groups is 1. The molecule has 3 N–H and O–H groups in total. The molecule has 2 heterocycles. The fourth-order valence-corrected chi connectivity index (χ4v) is 2.85. The molecule has 5 nitrogen and oxygen atoms in total. The molecule has 2 aliphatic rings. The van der Waals surface area contributed by atoms with Crippen LogP contribution in [0.15, 0.2) is 18.2 Å². The monoisotopic (exact) mass is 294 g/mol. The van der Waals surface area contributed by atoms with E-state index in [1.165, 1.54) is 12.8 Å².